The monoisotopic (exact) mass is 506 g/mol. The number of alkyl halides is 1. The van der Waals surface area contributed by atoms with Gasteiger partial charge in [-0.25, -0.2) is 0 Å². The summed E-state index contributed by atoms with van der Waals surface area (Å²) in [5.41, 5.74) is 3.88. The largest absolute Gasteiger partial charge is 0.493 e. The van der Waals surface area contributed by atoms with Crippen molar-refractivity contribution in [3.05, 3.63) is 102 Å². The van der Waals surface area contributed by atoms with E-state index in [2.05, 4.69) is 34.1 Å². The Morgan fingerprint density at radius 1 is 0.879 bits per heavy atom. The minimum absolute atomic E-state index is 0.174. The van der Waals surface area contributed by atoms with Crippen LogP contribution in [0.3, 0.4) is 0 Å². The lowest BCUT2D eigenvalue weighted by molar-refractivity contribution is -0.153. The summed E-state index contributed by atoms with van der Waals surface area (Å²) in [5, 5.41) is 0.799. The number of halogens is 1. The number of esters is 1. The van der Waals surface area contributed by atoms with Crippen LogP contribution >= 0.6 is 15.9 Å². The van der Waals surface area contributed by atoms with Gasteiger partial charge in [-0.15, -0.1) is 0 Å². The molecule has 0 aliphatic carbocycles. The number of carbonyl (C=O) groups excluding carboxylic acids is 1. The first-order valence-corrected chi connectivity index (χ1v) is 12.4. The molecule has 0 aliphatic rings. The van der Waals surface area contributed by atoms with Crippen LogP contribution in [0, 0.1) is 5.41 Å². The van der Waals surface area contributed by atoms with Crippen LogP contribution in [0.15, 0.2) is 84.9 Å². The van der Waals surface area contributed by atoms with Crippen LogP contribution in [0.2, 0.25) is 0 Å². The summed E-state index contributed by atoms with van der Waals surface area (Å²) in [4.78, 5) is 12.8. The van der Waals surface area contributed by atoms with Gasteiger partial charge in [0.15, 0.2) is 0 Å². The molecule has 0 N–H and O–H groups in total. The molecule has 0 unspecified atom stereocenters. The fourth-order valence-electron chi connectivity index (χ4n) is 3.60. The molecule has 3 nitrogen and oxygen atoms in total. The van der Waals surface area contributed by atoms with Crippen LogP contribution in [0.5, 0.6) is 5.75 Å². The van der Waals surface area contributed by atoms with Crippen LogP contribution in [0.4, 0.5) is 0 Å². The lowest BCUT2D eigenvalue weighted by Crippen LogP contribution is -2.29. The second kappa shape index (κ2) is 12.4. The van der Waals surface area contributed by atoms with Gasteiger partial charge in [-0.1, -0.05) is 94.8 Å². The van der Waals surface area contributed by atoms with Crippen LogP contribution < -0.4 is 4.74 Å². The van der Waals surface area contributed by atoms with Crippen molar-refractivity contribution < 1.29 is 14.3 Å². The molecule has 3 rings (SSSR count). The Kier molecular flexibility index (Phi) is 9.32. The van der Waals surface area contributed by atoms with Gasteiger partial charge < -0.3 is 9.47 Å². The summed E-state index contributed by atoms with van der Waals surface area (Å²) in [7, 11) is 0. The smallest absolute Gasteiger partial charge is 0.311 e. The van der Waals surface area contributed by atoms with Crippen LogP contribution in [0.1, 0.15) is 37.0 Å². The molecule has 0 heterocycles. The third-order valence-electron chi connectivity index (χ3n) is 5.36. The molecule has 0 spiro atoms. The normalized spacial score (nSPS) is 11.8. The van der Waals surface area contributed by atoms with Crippen LogP contribution in [0.25, 0.3) is 11.6 Å². The maximum Gasteiger partial charge on any atom is 0.311 e. The Bertz CT molecular complexity index is 1030. The Hall–Kier alpha value is -2.85. The Balaban J connectivity index is 1.66. The first-order chi connectivity index (χ1) is 16.0. The highest BCUT2D eigenvalue weighted by atomic mass is 79.9. The van der Waals surface area contributed by atoms with Gasteiger partial charge in [-0.05, 0) is 54.7 Å². The first-order valence-electron chi connectivity index (χ1n) is 11.2. The molecule has 33 heavy (non-hydrogen) atoms. The number of hydrogen-bond donors (Lipinski definition) is 0. The fourth-order valence-corrected chi connectivity index (χ4v) is 3.76. The summed E-state index contributed by atoms with van der Waals surface area (Å²) in [6.45, 7) is 4.85. The van der Waals surface area contributed by atoms with Gasteiger partial charge in [0.05, 0.1) is 18.6 Å². The molecule has 0 radical (unpaired) electrons. The third-order valence-corrected chi connectivity index (χ3v) is 5.68. The van der Waals surface area contributed by atoms with Crippen LogP contribution in [-0.2, 0) is 16.0 Å². The second-order valence-corrected chi connectivity index (χ2v) is 9.37. The quantitative estimate of drug-likeness (QED) is 0.156. The average Bonchev–Trinajstić information content (AvgIpc) is 2.83. The van der Waals surface area contributed by atoms with Crippen molar-refractivity contribution >= 4 is 33.5 Å². The minimum Gasteiger partial charge on any atom is -0.493 e. The van der Waals surface area contributed by atoms with Crippen molar-refractivity contribution in [3.8, 4) is 5.75 Å². The third kappa shape index (κ3) is 7.90. The molecule has 0 saturated heterocycles. The average molecular weight is 507 g/mol. The van der Waals surface area contributed by atoms with Gasteiger partial charge in [0.2, 0.25) is 0 Å². The van der Waals surface area contributed by atoms with Gasteiger partial charge in [-0.2, -0.15) is 0 Å². The summed E-state index contributed by atoms with van der Waals surface area (Å²) < 4.78 is 11.4. The van der Waals surface area contributed by atoms with Gasteiger partial charge in [0.1, 0.15) is 5.75 Å². The minimum atomic E-state index is -0.580. The predicted octanol–water partition coefficient (Wildman–Crippen LogP) is 7.20. The maximum absolute atomic E-state index is 12.8. The standard InChI is InChI=1S/C29H31BrO3/c1-29(2,22-24-9-5-3-6-10-24)28(31)33-19-17-26(25-11-7-4-8-12-25)21-23-13-15-27(16-14-23)32-20-18-30/h3-16,21H,17-20,22H2,1-2H3. The first kappa shape index (κ1) is 24.8. The van der Waals surface area contributed by atoms with Gasteiger partial charge in [-0.3, -0.25) is 4.79 Å². The van der Waals surface area contributed by atoms with Crippen molar-refractivity contribution in [2.75, 3.05) is 18.5 Å². The van der Waals surface area contributed by atoms with E-state index in [9.17, 15) is 4.79 Å². The molecule has 4 heteroatoms. The lowest BCUT2D eigenvalue weighted by Gasteiger charge is -2.23. The van der Waals surface area contributed by atoms with E-state index in [-0.39, 0.29) is 5.97 Å². The van der Waals surface area contributed by atoms with Gasteiger partial charge in [0, 0.05) is 11.8 Å². The molecular weight excluding hydrogens is 476 g/mol. The van der Waals surface area contributed by atoms with Gasteiger partial charge >= 0.3 is 5.97 Å². The van der Waals surface area contributed by atoms with E-state index in [1.165, 1.54) is 0 Å². The number of carbonyl (C=O) groups is 1. The van der Waals surface area contributed by atoms with Crippen molar-refractivity contribution in [2.24, 2.45) is 5.41 Å². The molecule has 172 valence electrons. The Morgan fingerprint density at radius 2 is 1.52 bits per heavy atom. The molecule has 0 bridgehead atoms. The molecule has 0 atom stereocenters. The topological polar surface area (TPSA) is 35.5 Å². The Labute approximate surface area is 205 Å². The highest BCUT2D eigenvalue weighted by Gasteiger charge is 2.29. The number of rotatable bonds is 11. The van der Waals surface area contributed by atoms with Gasteiger partial charge in [0.25, 0.3) is 0 Å². The van der Waals surface area contributed by atoms with E-state index in [0.29, 0.717) is 26.1 Å². The fraction of sp³-hybridized carbons (Fsp3) is 0.276. The van der Waals surface area contributed by atoms with E-state index in [0.717, 1.165) is 33.3 Å². The lowest BCUT2D eigenvalue weighted by atomic mass is 9.86. The second-order valence-electron chi connectivity index (χ2n) is 8.57. The van der Waals surface area contributed by atoms with E-state index in [4.69, 9.17) is 9.47 Å². The number of benzene rings is 3. The highest BCUT2D eigenvalue weighted by molar-refractivity contribution is 9.09. The van der Waals surface area contributed by atoms with Crippen molar-refractivity contribution in [1.29, 1.82) is 0 Å². The molecule has 0 aliphatic heterocycles. The number of hydrogen-bond acceptors (Lipinski definition) is 3. The zero-order valence-electron chi connectivity index (χ0n) is 19.3. The van der Waals surface area contributed by atoms with E-state index in [1.54, 1.807) is 0 Å². The zero-order chi connectivity index (χ0) is 23.5. The van der Waals surface area contributed by atoms with Crippen molar-refractivity contribution in [1.82, 2.24) is 0 Å². The number of ether oxygens (including phenoxy) is 2. The van der Waals surface area contributed by atoms with Crippen molar-refractivity contribution in [3.63, 3.8) is 0 Å². The summed E-state index contributed by atoms with van der Waals surface area (Å²) in [5.74, 6) is 0.675. The highest BCUT2D eigenvalue weighted by Crippen LogP contribution is 2.26. The maximum atomic E-state index is 12.8. The summed E-state index contributed by atoms with van der Waals surface area (Å²) in [6, 6.07) is 28.3. The van der Waals surface area contributed by atoms with E-state index in [1.807, 2.05) is 86.6 Å². The summed E-state index contributed by atoms with van der Waals surface area (Å²) in [6.07, 6.45) is 3.43. The molecule has 0 aromatic heterocycles. The molecule has 0 saturated carbocycles. The molecule has 0 fully saturated rings. The van der Waals surface area contributed by atoms with E-state index < -0.39 is 5.41 Å². The zero-order valence-corrected chi connectivity index (χ0v) is 20.9. The molecule has 3 aromatic rings. The molecule has 3 aromatic carbocycles. The van der Waals surface area contributed by atoms with E-state index >= 15 is 0 Å². The van der Waals surface area contributed by atoms with Crippen LogP contribution in [-0.4, -0.2) is 24.5 Å². The molecule has 0 amide bonds. The summed E-state index contributed by atoms with van der Waals surface area (Å²) >= 11 is 3.37. The van der Waals surface area contributed by atoms with Crippen molar-refractivity contribution in [2.45, 2.75) is 26.7 Å². The molecular formula is C29H31BrO3. The Morgan fingerprint density at radius 3 is 2.15 bits per heavy atom. The SMILES string of the molecule is CC(C)(Cc1ccccc1)C(=O)OCCC(=Cc1ccc(OCCBr)cc1)c1ccccc1. The predicted molar refractivity (Wildman–Crippen MR) is 140 cm³/mol.